The van der Waals surface area contributed by atoms with Crippen LogP contribution in [-0.2, 0) is 5.41 Å². The summed E-state index contributed by atoms with van der Waals surface area (Å²) >= 11 is 0. The average Bonchev–Trinajstić information content (AvgIpc) is 3.10. The van der Waals surface area contributed by atoms with Gasteiger partial charge in [0.25, 0.3) is 0 Å². The van der Waals surface area contributed by atoms with Gasteiger partial charge < -0.3 is 9.52 Å². The summed E-state index contributed by atoms with van der Waals surface area (Å²) in [5.41, 5.74) is 2.02. The molecule has 0 spiro atoms. The van der Waals surface area contributed by atoms with E-state index in [-0.39, 0.29) is 5.82 Å². The van der Waals surface area contributed by atoms with Crippen molar-refractivity contribution in [3.05, 3.63) is 60.4 Å². The second-order valence-electron chi connectivity index (χ2n) is 6.23. The molecule has 4 rings (SSSR count). The van der Waals surface area contributed by atoms with Gasteiger partial charge in [-0.15, -0.1) is 0 Å². The average molecular weight is 335 g/mol. The Morgan fingerprint density at radius 1 is 1.16 bits per heavy atom. The number of oxazole rings is 1. The third kappa shape index (κ3) is 2.69. The molecule has 1 aromatic carbocycles. The van der Waals surface area contributed by atoms with E-state index in [4.69, 9.17) is 4.42 Å². The molecular formula is C19H14FN3O2. The summed E-state index contributed by atoms with van der Waals surface area (Å²) in [7, 11) is 0. The highest BCUT2D eigenvalue weighted by Gasteiger charge is 2.46. The zero-order valence-corrected chi connectivity index (χ0v) is 13.2. The van der Waals surface area contributed by atoms with Gasteiger partial charge in [0, 0.05) is 17.3 Å². The van der Waals surface area contributed by atoms with Crippen LogP contribution in [0.25, 0.3) is 22.7 Å². The highest BCUT2D eigenvalue weighted by atomic mass is 19.1. The molecular weight excluding hydrogens is 321 g/mol. The molecule has 2 heterocycles. The van der Waals surface area contributed by atoms with Crippen molar-refractivity contribution >= 4 is 0 Å². The standard InChI is InChI=1S/C19H14FN3O2/c20-14-4-1-12(2-5-14)18-23-16(10-25-18)13-3-6-17(22-9-13)19(11-21)7-15(24)8-19/h1-6,9-10,15,24H,7-8H2. The summed E-state index contributed by atoms with van der Waals surface area (Å²) < 4.78 is 18.5. The molecule has 0 atom stereocenters. The Hall–Kier alpha value is -3.04. The molecule has 1 saturated carbocycles. The first kappa shape index (κ1) is 15.5. The summed E-state index contributed by atoms with van der Waals surface area (Å²) in [5, 5.41) is 18.9. The highest BCUT2D eigenvalue weighted by Crippen LogP contribution is 2.42. The van der Waals surface area contributed by atoms with Gasteiger partial charge in [0.15, 0.2) is 0 Å². The number of hydrogen-bond acceptors (Lipinski definition) is 5. The number of halogens is 1. The first-order valence-corrected chi connectivity index (χ1v) is 7.87. The maximum atomic E-state index is 13.0. The number of nitriles is 1. The van der Waals surface area contributed by atoms with Gasteiger partial charge in [-0.25, -0.2) is 9.37 Å². The summed E-state index contributed by atoms with van der Waals surface area (Å²) in [5.74, 6) is 0.0811. The van der Waals surface area contributed by atoms with Gasteiger partial charge in [0.1, 0.15) is 23.2 Å². The van der Waals surface area contributed by atoms with Crippen LogP contribution >= 0.6 is 0 Å². The minimum absolute atomic E-state index is 0.317. The van der Waals surface area contributed by atoms with Crippen molar-refractivity contribution < 1.29 is 13.9 Å². The first-order chi connectivity index (χ1) is 12.1. The SMILES string of the molecule is N#CC1(c2ccc(-c3coc(-c4ccc(F)cc4)n3)cn2)CC(O)C1. The number of hydrogen-bond donors (Lipinski definition) is 1. The monoisotopic (exact) mass is 335 g/mol. The number of nitrogens with zero attached hydrogens (tertiary/aromatic N) is 3. The molecule has 6 heteroatoms. The smallest absolute Gasteiger partial charge is 0.226 e. The van der Waals surface area contributed by atoms with Crippen molar-refractivity contribution in [2.45, 2.75) is 24.4 Å². The number of aliphatic hydroxyl groups is 1. The van der Waals surface area contributed by atoms with Crippen molar-refractivity contribution in [2.75, 3.05) is 0 Å². The van der Waals surface area contributed by atoms with Crippen LogP contribution in [0.2, 0.25) is 0 Å². The van der Waals surface area contributed by atoms with E-state index in [9.17, 15) is 14.8 Å². The van der Waals surface area contributed by atoms with Gasteiger partial charge in [-0.2, -0.15) is 5.26 Å². The van der Waals surface area contributed by atoms with Gasteiger partial charge in [0.2, 0.25) is 5.89 Å². The Morgan fingerprint density at radius 2 is 1.88 bits per heavy atom. The lowest BCUT2D eigenvalue weighted by Crippen LogP contribution is -2.44. The molecule has 3 aromatic rings. The topological polar surface area (TPSA) is 82.9 Å². The number of aliphatic hydroxyl groups excluding tert-OH is 1. The summed E-state index contributed by atoms with van der Waals surface area (Å²) in [4.78, 5) is 8.79. The molecule has 0 aliphatic heterocycles. The second-order valence-corrected chi connectivity index (χ2v) is 6.23. The van der Waals surface area contributed by atoms with Crippen LogP contribution in [0.5, 0.6) is 0 Å². The van der Waals surface area contributed by atoms with E-state index in [0.29, 0.717) is 35.7 Å². The van der Waals surface area contributed by atoms with Gasteiger partial charge in [-0.05, 0) is 49.2 Å². The van der Waals surface area contributed by atoms with Gasteiger partial charge in [-0.3, -0.25) is 4.98 Å². The fourth-order valence-corrected chi connectivity index (χ4v) is 3.06. The second kappa shape index (κ2) is 5.80. The molecule has 5 nitrogen and oxygen atoms in total. The largest absolute Gasteiger partial charge is 0.444 e. The lowest BCUT2D eigenvalue weighted by Gasteiger charge is -2.38. The highest BCUT2D eigenvalue weighted by molar-refractivity contribution is 5.62. The van der Waals surface area contributed by atoms with Crippen LogP contribution in [-0.4, -0.2) is 21.2 Å². The van der Waals surface area contributed by atoms with Crippen LogP contribution in [0.15, 0.2) is 53.3 Å². The van der Waals surface area contributed by atoms with E-state index in [0.717, 1.165) is 5.56 Å². The molecule has 0 amide bonds. The Kier molecular flexibility index (Phi) is 3.59. The van der Waals surface area contributed by atoms with E-state index in [2.05, 4.69) is 16.0 Å². The molecule has 1 aliphatic rings. The van der Waals surface area contributed by atoms with E-state index in [1.54, 1.807) is 24.4 Å². The fourth-order valence-electron chi connectivity index (χ4n) is 3.06. The van der Waals surface area contributed by atoms with Gasteiger partial charge in [0.05, 0.1) is 17.9 Å². The van der Waals surface area contributed by atoms with Gasteiger partial charge >= 0.3 is 0 Å². The molecule has 0 unspecified atom stereocenters. The van der Waals surface area contributed by atoms with E-state index in [1.165, 1.54) is 18.4 Å². The van der Waals surface area contributed by atoms with E-state index < -0.39 is 11.5 Å². The van der Waals surface area contributed by atoms with Gasteiger partial charge in [-0.1, -0.05) is 0 Å². The lowest BCUT2D eigenvalue weighted by atomic mass is 9.65. The maximum Gasteiger partial charge on any atom is 0.226 e. The molecule has 1 N–H and O–H groups in total. The predicted octanol–water partition coefficient (Wildman–Crippen LogP) is 3.46. The minimum Gasteiger partial charge on any atom is -0.444 e. The van der Waals surface area contributed by atoms with Crippen molar-refractivity contribution in [2.24, 2.45) is 0 Å². The molecule has 124 valence electrons. The normalized spacial score (nSPS) is 22.2. The third-order valence-corrected chi connectivity index (χ3v) is 4.53. The van der Waals surface area contributed by atoms with E-state index in [1.807, 2.05) is 6.07 Å². The summed E-state index contributed by atoms with van der Waals surface area (Å²) in [6.07, 6.45) is 3.55. The molecule has 1 aliphatic carbocycles. The molecule has 1 fully saturated rings. The number of pyridine rings is 1. The fraction of sp³-hybridized carbons (Fsp3) is 0.211. The van der Waals surface area contributed by atoms with Crippen LogP contribution in [0.1, 0.15) is 18.5 Å². The summed E-state index contributed by atoms with van der Waals surface area (Å²) in [6.45, 7) is 0. The Bertz CT molecular complexity index is 936. The summed E-state index contributed by atoms with van der Waals surface area (Å²) in [6, 6.07) is 11.8. The van der Waals surface area contributed by atoms with Crippen LogP contribution in [0.4, 0.5) is 4.39 Å². The zero-order chi connectivity index (χ0) is 17.4. The number of benzene rings is 1. The van der Waals surface area contributed by atoms with Crippen molar-refractivity contribution in [3.8, 4) is 28.8 Å². The lowest BCUT2D eigenvalue weighted by molar-refractivity contribution is 0.0429. The molecule has 25 heavy (non-hydrogen) atoms. The Labute approximate surface area is 143 Å². The zero-order valence-electron chi connectivity index (χ0n) is 13.2. The van der Waals surface area contributed by atoms with Crippen molar-refractivity contribution in [1.29, 1.82) is 5.26 Å². The molecule has 2 aromatic heterocycles. The van der Waals surface area contributed by atoms with E-state index >= 15 is 0 Å². The van der Waals surface area contributed by atoms with Crippen molar-refractivity contribution in [1.82, 2.24) is 9.97 Å². The number of rotatable bonds is 3. The minimum atomic E-state index is -0.693. The first-order valence-electron chi connectivity index (χ1n) is 7.87. The van der Waals surface area contributed by atoms with Crippen LogP contribution in [0, 0.1) is 17.1 Å². The Balaban J connectivity index is 1.59. The quantitative estimate of drug-likeness (QED) is 0.792. The number of aromatic nitrogens is 2. The molecule has 0 radical (unpaired) electrons. The van der Waals surface area contributed by atoms with Crippen LogP contribution < -0.4 is 0 Å². The molecule has 0 bridgehead atoms. The molecule has 0 saturated heterocycles. The van der Waals surface area contributed by atoms with Crippen molar-refractivity contribution in [3.63, 3.8) is 0 Å². The maximum absolute atomic E-state index is 13.0. The Morgan fingerprint density at radius 3 is 2.48 bits per heavy atom. The third-order valence-electron chi connectivity index (χ3n) is 4.53. The predicted molar refractivity (Wildman–Crippen MR) is 87.7 cm³/mol. The van der Waals surface area contributed by atoms with Crippen LogP contribution in [0.3, 0.4) is 0 Å².